The summed E-state index contributed by atoms with van der Waals surface area (Å²) in [5, 5.41) is 0. The summed E-state index contributed by atoms with van der Waals surface area (Å²) in [6.07, 6.45) is 0. The average molecular weight is 349 g/mol. The summed E-state index contributed by atoms with van der Waals surface area (Å²) in [7, 11) is 0. The Labute approximate surface area is 133 Å². The predicted molar refractivity (Wildman–Crippen MR) is 86.9 cm³/mol. The van der Waals surface area contributed by atoms with E-state index in [4.69, 9.17) is 4.74 Å². The molecule has 21 heavy (non-hydrogen) atoms. The molecule has 1 nitrogen and oxygen atoms in total. The monoisotopic (exact) mass is 348 g/mol. The van der Waals surface area contributed by atoms with E-state index in [0.29, 0.717) is 12.2 Å². The molecule has 2 aromatic carbocycles. The predicted octanol–water partition coefficient (Wildman–Crippen LogP) is 5.29. The first-order valence-corrected chi connectivity index (χ1v) is 7.97. The molecule has 0 saturated carbocycles. The molecule has 0 bridgehead atoms. The molecule has 1 aliphatic heterocycles. The third-order valence-electron chi connectivity index (χ3n) is 4.10. The van der Waals surface area contributed by atoms with Crippen LogP contribution in [0.3, 0.4) is 0 Å². The van der Waals surface area contributed by atoms with E-state index in [0.717, 1.165) is 16.9 Å². The van der Waals surface area contributed by atoms with Crippen molar-refractivity contribution in [1.82, 2.24) is 0 Å². The van der Waals surface area contributed by atoms with Crippen LogP contribution in [0.15, 0.2) is 36.4 Å². The van der Waals surface area contributed by atoms with Gasteiger partial charge >= 0.3 is 0 Å². The van der Waals surface area contributed by atoms with Crippen LogP contribution in [0.4, 0.5) is 4.39 Å². The highest BCUT2D eigenvalue weighted by Crippen LogP contribution is 2.41. The maximum absolute atomic E-state index is 13.8. The standard InChI is InChI=1S/C18H18BrFO/c1-11-4-5-13(9-15(11)20)17(19)12-6-7-16-14(8-12)18(2,3)10-21-16/h4-9,17H,10H2,1-3H3. The molecule has 0 N–H and O–H groups in total. The summed E-state index contributed by atoms with van der Waals surface area (Å²) in [6.45, 7) is 6.84. The van der Waals surface area contributed by atoms with Crippen LogP contribution in [-0.2, 0) is 5.41 Å². The van der Waals surface area contributed by atoms with Crippen molar-refractivity contribution in [2.24, 2.45) is 0 Å². The molecule has 0 amide bonds. The van der Waals surface area contributed by atoms with Gasteiger partial charge in [0.05, 0.1) is 11.4 Å². The summed E-state index contributed by atoms with van der Waals surface area (Å²) in [5.41, 5.74) is 3.96. The summed E-state index contributed by atoms with van der Waals surface area (Å²) < 4.78 is 19.5. The fourth-order valence-electron chi connectivity index (χ4n) is 2.66. The quantitative estimate of drug-likeness (QED) is 0.670. The van der Waals surface area contributed by atoms with Gasteiger partial charge in [0.1, 0.15) is 11.6 Å². The molecule has 3 heteroatoms. The van der Waals surface area contributed by atoms with Crippen LogP contribution >= 0.6 is 15.9 Å². The minimum atomic E-state index is -0.165. The summed E-state index contributed by atoms with van der Waals surface area (Å²) in [5.74, 6) is 0.792. The van der Waals surface area contributed by atoms with Gasteiger partial charge in [-0.15, -0.1) is 0 Å². The third-order valence-corrected chi connectivity index (χ3v) is 5.16. The summed E-state index contributed by atoms with van der Waals surface area (Å²) in [6, 6.07) is 11.6. The molecule has 110 valence electrons. The highest BCUT2D eigenvalue weighted by Gasteiger charge is 2.32. The lowest BCUT2D eigenvalue weighted by Crippen LogP contribution is -2.18. The Morgan fingerprint density at radius 1 is 1.14 bits per heavy atom. The van der Waals surface area contributed by atoms with E-state index in [9.17, 15) is 4.39 Å². The van der Waals surface area contributed by atoms with E-state index in [1.54, 1.807) is 13.0 Å². The van der Waals surface area contributed by atoms with Crippen LogP contribution in [0.5, 0.6) is 5.75 Å². The van der Waals surface area contributed by atoms with Gasteiger partial charge in [-0.25, -0.2) is 4.39 Å². The number of aryl methyl sites for hydroxylation is 1. The van der Waals surface area contributed by atoms with Crippen molar-refractivity contribution in [1.29, 1.82) is 0 Å². The normalized spacial score (nSPS) is 17.2. The molecular weight excluding hydrogens is 331 g/mol. The van der Waals surface area contributed by atoms with Gasteiger partial charge in [0.25, 0.3) is 0 Å². The van der Waals surface area contributed by atoms with Gasteiger partial charge in [0, 0.05) is 11.0 Å². The van der Waals surface area contributed by atoms with Crippen LogP contribution in [0.2, 0.25) is 0 Å². The van der Waals surface area contributed by atoms with Crippen molar-refractivity contribution >= 4 is 15.9 Å². The molecule has 0 spiro atoms. The molecule has 1 heterocycles. The zero-order chi connectivity index (χ0) is 15.2. The summed E-state index contributed by atoms with van der Waals surface area (Å²) in [4.78, 5) is -0.0192. The molecule has 0 fully saturated rings. The molecule has 3 rings (SSSR count). The zero-order valence-electron chi connectivity index (χ0n) is 12.4. The Morgan fingerprint density at radius 2 is 1.81 bits per heavy atom. The first kappa shape index (κ1) is 14.6. The number of hydrogen-bond donors (Lipinski definition) is 0. The number of halogens is 2. The summed E-state index contributed by atoms with van der Waals surface area (Å²) >= 11 is 3.69. The minimum Gasteiger partial charge on any atom is -0.492 e. The van der Waals surface area contributed by atoms with E-state index < -0.39 is 0 Å². The van der Waals surface area contributed by atoms with Crippen molar-refractivity contribution in [3.63, 3.8) is 0 Å². The van der Waals surface area contributed by atoms with Gasteiger partial charge < -0.3 is 4.74 Å². The van der Waals surface area contributed by atoms with Gasteiger partial charge in [-0.1, -0.05) is 48.0 Å². The number of hydrogen-bond acceptors (Lipinski definition) is 1. The topological polar surface area (TPSA) is 9.23 Å². The van der Waals surface area contributed by atoms with Crippen molar-refractivity contribution in [2.75, 3.05) is 6.61 Å². The maximum atomic E-state index is 13.8. The lowest BCUT2D eigenvalue weighted by Gasteiger charge is -2.18. The zero-order valence-corrected chi connectivity index (χ0v) is 14.0. The lowest BCUT2D eigenvalue weighted by atomic mass is 9.85. The molecule has 0 saturated heterocycles. The number of alkyl halides is 1. The van der Waals surface area contributed by atoms with Gasteiger partial charge in [-0.2, -0.15) is 0 Å². The van der Waals surface area contributed by atoms with Gasteiger partial charge in [0.2, 0.25) is 0 Å². The Kier molecular flexibility index (Phi) is 3.56. The molecule has 0 aliphatic carbocycles. The number of fused-ring (bicyclic) bond motifs is 1. The fraction of sp³-hybridized carbons (Fsp3) is 0.333. The second-order valence-electron chi connectivity index (χ2n) is 6.30. The van der Waals surface area contributed by atoms with Crippen molar-refractivity contribution in [3.05, 3.63) is 64.5 Å². The molecule has 0 radical (unpaired) electrons. The highest BCUT2D eigenvalue weighted by atomic mass is 79.9. The molecule has 1 aliphatic rings. The molecular formula is C18H18BrFO. The van der Waals surface area contributed by atoms with Crippen LogP contribution in [-0.4, -0.2) is 6.61 Å². The van der Waals surface area contributed by atoms with Crippen LogP contribution in [0.25, 0.3) is 0 Å². The van der Waals surface area contributed by atoms with Crippen molar-refractivity contribution in [3.8, 4) is 5.75 Å². The van der Waals surface area contributed by atoms with Gasteiger partial charge in [0.15, 0.2) is 0 Å². The fourth-order valence-corrected chi connectivity index (χ4v) is 3.22. The van der Waals surface area contributed by atoms with E-state index in [2.05, 4.69) is 35.8 Å². The Bertz CT molecular complexity index is 694. The molecule has 1 atom stereocenters. The number of benzene rings is 2. The van der Waals surface area contributed by atoms with Crippen LogP contribution < -0.4 is 4.74 Å². The van der Waals surface area contributed by atoms with E-state index in [1.807, 2.05) is 24.3 Å². The van der Waals surface area contributed by atoms with Gasteiger partial charge in [-0.05, 0) is 41.8 Å². The molecule has 0 aromatic heterocycles. The first-order chi connectivity index (χ1) is 9.88. The van der Waals surface area contributed by atoms with Gasteiger partial charge in [-0.3, -0.25) is 0 Å². The Hall–Kier alpha value is -1.35. The van der Waals surface area contributed by atoms with Crippen molar-refractivity contribution in [2.45, 2.75) is 31.0 Å². The largest absolute Gasteiger partial charge is 0.492 e. The van der Waals surface area contributed by atoms with E-state index >= 15 is 0 Å². The maximum Gasteiger partial charge on any atom is 0.126 e. The number of rotatable bonds is 2. The third kappa shape index (κ3) is 2.59. The lowest BCUT2D eigenvalue weighted by molar-refractivity contribution is 0.291. The van der Waals surface area contributed by atoms with Crippen LogP contribution in [0, 0.1) is 12.7 Å². The second kappa shape index (κ2) is 5.13. The highest BCUT2D eigenvalue weighted by molar-refractivity contribution is 9.09. The Balaban J connectivity index is 1.99. The molecule has 1 unspecified atom stereocenters. The Morgan fingerprint density at radius 3 is 2.52 bits per heavy atom. The molecule has 2 aromatic rings. The van der Waals surface area contributed by atoms with E-state index in [-0.39, 0.29) is 16.1 Å². The van der Waals surface area contributed by atoms with E-state index in [1.165, 1.54) is 5.56 Å². The minimum absolute atomic E-state index is 0.0192. The number of ether oxygens (including phenoxy) is 1. The van der Waals surface area contributed by atoms with Crippen LogP contribution in [0.1, 0.15) is 40.9 Å². The smallest absolute Gasteiger partial charge is 0.126 e. The van der Waals surface area contributed by atoms with Crippen molar-refractivity contribution < 1.29 is 9.13 Å². The average Bonchev–Trinajstić information content (AvgIpc) is 2.76. The SMILES string of the molecule is Cc1ccc(C(Br)c2ccc3c(c2)C(C)(C)CO3)cc1F. The first-order valence-electron chi connectivity index (χ1n) is 7.06. The second-order valence-corrected chi connectivity index (χ2v) is 7.22.